The number of rotatable bonds is 10. The number of benzene rings is 1. The van der Waals surface area contributed by atoms with Crippen molar-refractivity contribution in [2.75, 3.05) is 19.8 Å². The molecule has 2 heteroatoms. The van der Waals surface area contributed by atoms with E-state index in [0.29, 0.717) is 6.04 Å². The molecule has 2 nitrogen and oxygen atoms in total. The van der Waals surface area contributed by atoms with Crippen molar-refractivity contribution < 1.29 is 4.74 Å². The molecule has 1 unspecified atom stereocenters. The molecule has 0 saturated carbocycles. The van der Waals surface area contributed by atoms with Crippen LogP contribution in [0.25, 0.3) is 0 Å². The van der Waals surface area contributed by atoms with Gasteiger partial charge in [-0.3, -0.25) is 0 Å². The maximum Gasteiger partial charge on any atom is 0.0661 e. The van der Waals surface area contributed by atoms with Gasteiger partial charge in [0.25, 0.3) is 0 Å². The Morgan fingerprint density at radius 2 is 1.89 bits per heavy atom. The molecule has 0 aromatic heterocycles. The van der Waals surface area contributed by atoms with Crippen molar-refractivity contribution in [3.8, 4) is 0 Å². The van der Waals surface area contributed by atoms with Gasteiger partial charge in [-0.1, -0.05) is 51.1 Å². The van der Waals surface area contributed by atoms with Crippen LogP contribution in [-0.4, -0.2) is 19.8 Å². The van der Waals surface area contributed by atoms with Crippen molar-refractivity contribution in [1.82, 2.24) is 5.32 Å². The summed E-state index contributed by atoms with van der Waals surface area (Å²) in [5.74, 6) is 0.770. The predicted molar refractivity (Wildman–Crippen MR) is 82.4 cm³/mol. The zero-order chi connectivity index (χ0) is 13.9. The Bertz CT molecular complexity index is 310. The van der Waals surface area contributed by atoms with Crippen molar-refractivity contribution >= 4 is 0 Å². The topological polar surface area (TPSA) is 21.3 Å². The van der Waals surface area contributed by atoms with E-state index >= 15 is 0 Å². The maximum absolute atomic E-state index is 5.84. The van der Waals surface area contributed by atoms with E-state index in [2.05, 4.69) is 56.4 Å². The van der Waals surface area contributed by atoms with E-state index in [4.69, 9.17) is 4.74 Å². The van der Waals surface area contributed by atoms with Crippen molar-refractivity contribution in [3.05, 3.63) is 35.9 Å². The lowest BCUT2D eigenvalue weighted by Gasteiger charge is -2.19. The van der Waals surface area contributed by atoms with Crippen molar-refractivity contribution in [1.29, 1.82) is 0 Å². The first kappa shape index (κ1) is 16.2. The molecule has 1 aromatic carbocycles. The van der Waals surface area contributed by atoms with E-state index in [1.54, 1.807) is 0 Å². The van der Waals surface area contributed by atoms with Crippen molar-refractivity contribution in [2.45, 2.75) is 46.1 Å². The molecule has 1 aromatic rings. The summed E-state index contributed by atoms with van der Waals surface area (Å²) in [6.45, 7) is 9.38. The Labute approximate surface area is 118 Å². The largest absolute Gasteiger partial charge is 0.379 e. The summed E-state index contributed by atoms with van der Waals surface area (Å²) < 4.78 is 5.84. The normalized spacial score (nSPS) is 12.8. The third-order valence-electron chi connectivity index (χ3n) is 3.20. The highest BCUT2D eigenvalue weighted by molar-refractivity contribution is 5.18. The SMILES string of the molecule is CCCNC(COCCCC(C)C)c1ccccc1. The molecule has 0 aliphatic heterocycles. The molecule has 0 bridgehead atoms. The summed E-state index contributed by atoms with van der Waals surface area (Å²) in [7, 11) is 0. The fourth-order valence-electron chi connectivity index (χ4n) is 2.07. The van der Waals surface area contributed by atoms with E-state index in [9.17, 15) is 0 Å². The van der Waals surface area contributed by atoms with E-state index in [1.165, 1.54) is 12.0 Å². The number of hydrogen-bond acceptors (Lipinski definition) is 2. The number of hydrogen-bond donors (Lipinski definition) is 1. The molecule has 0 heterocycles. The van der Waals surface area contributed by atoms with Gasteiger partial charge in [-0.05, 0) is 37.3 Å². The van der Waals surface area contributed by atoms with E-state index < -0.39 is 0 Å². The third-order valence-corrected chi connectivity index (χ3v) is 3.20. The van der Waals surface area contributed by atoms with Crippen LogP contribution in [0, 0.1) is 5.92 Å². The fourth-order valence-corrected chi connectivity index (χ4v) is 2.07. The zero-order valence-corrected chi connectivity index (χ0v) is 12.7. The first-order valence-electron chi connectivity index (χ1n) is 7.60. The molecule has 0 aliphatic carbocycles. The Kier molecular flexibility index (Phi) is 8.52. The molecule has 19 heavy (non-hydrogen) atoms. The Hall–Kier alpha value is -0.860. The van der Waals surface area contributed by atoms with Gasteiger partial charge in [-0.2, -0.15) is 0 Å². The van der Waals surface area contributed by atoms with Crippen LogP contribution in [0.4, 0.5) is 0 Å². The van der Waals surface area contributed by atoms with E-state index in [1.807, 2.05) is 0 Å². The van der Waals surface area contributed by atoms with Crippen LogP contribution in [0.5, 0.6) is 0 Å². The molecular weight excluding hydrogens is 234 g/mol. The second-order valence-electron chi connectivity index (χ2n) is 5.53. The third kappa shape index (κ3) is 7.34. The highest BCUT2D eigenvalue weighted by Gasteiger charge is 2.10. The molecule has 0 amide bonds. The molecular formula is C17H29NO. The highest BCUT2D eigenvalue weighted by Crippen LogP contribution is 2.13. The summed E-state index contributed by atoms with van der Waals surface area (Å²) in [6, 6.07) is 10.9. The molecule has 1 N–H and O–H groups in total. The molecule has 0 aliphatic rings. The van der Waals surface area contributed by atoms with Gasteiger partial charge >= 0.3 is 0 Å². The second-order valence-corrected chi connectivity index (χ2v) is 5.53. The van der Waals surface area contributed by atoms with Gasteiger partial charge in [0.2, 0.25) is 0 Å². The number of ether oxygens (including phenoxy) is 1. The van der Waals surface area contributed by atoms with Crippen LogP contribution in [0.2, 0.25) is 0 Å². The minimum atomic E-state index is 0.320. The molecule has 0 radical (unpaired) electrons. The van der Waals surface area contributed by atoms with Gasteiger partial charge in [0, 0.05) is 6.61 Å². The van der Waals surface area contributed by atoms with Crippen LogP contribution in [0.15, 0.2) is 30.3 Å². The van der Waals surface area contributed by atoms with Gasteiger partial charge in [0.05, 0.1) is 12.6 Å². The first-order chi connectivity index (χ1) is 9.24. The van der Waals surface area contributed by atoms with Gasteiger partial charge < -0.3 is 10.1 Å². The lowest BCUT2D eigenvalue weighted by Crippen LogP contribution is -2.26. The Morgan fingerprint density at radius 3 is 2.53 bits per heavy atom. The first-order valence-corrected chi connectivity index (χ1v) is 7.60. The standard InChI is InChI=1S/C17H29NO/c1-4-12-18-17(16-10-6-5-7-11-16)14-19-13-8-9-15(2)3/h5-7,10-11,15,17-18H,4,8-9,12-14H2,1-3H3. The summed E-state index contributed by atoms with van der Waals surface area (Å²) in [5, 5.41) is 3.56. The van der Waals surface area contributed by atoms with Crippen LogP contribution >= 0.6 is 0 Å². The smallest absolute Gasteiger partial charge is 0.0661 e. The van der Waals surface area contributed by atoms with Crippen molar-refractivity contribution in [2.24, 2.45) is 5.92 Å². The predicted octanol–water partition coefficient (Wildman–Crippen LogP) is 4.18. The lowest BCUT2D eigenvalue weighted by atomic mass is 10.1. The minimum absolute atomic E-state index is 0.320. The molecule has 1 atom stereocenters. The molecule has 1 rings (SSSR count). The maximum atomic E-state index is 5.84. The van der Waals surface area contributed by atoms with Gasteiger partial charge in [0.15, 0.2) is 0 Å². The Morgan fingerprint density at radius 1 is 1.16 bits per heavy atom. The fraction of sp³-hybridized carbons (Fsp3) is 0.647. The van der Waals surface area contributed by atoms with Gasteiger partial charge in [-0.25, -0.2) is 0 Å². The summed E-state index contributed by atoms with van der Waals surface area (Å²) in [4.78, 5) is 0. The van der Waals surface area contributed by atoms with Crippen LogP contribution < -0.4 is 5.32 Å². The summed E-state index contributed by atoms with van der Waals surface area (Å²) >= 11 is 0. The molecule has 0 spiro atoms. The van der Waals surface area contributed by atoms with Gasteiger partial charge in [-0.15, -0.1) is 0 Å². The lowest BCUT2D eigenvalue weighted by molar-refractivity contribution is 0.106. The molecule has 108 valence electrons. The summed E-state index contributed by atoms with van der Waals surface area (Å²) in [6.07, 6.45) is 3.56. The second kappa shape index (κ2) is 9.99. The molecule has 0 saturated heterocycles. The van der Waals surface area contributed by atoms with Crippen molar-refractivity contribution in [3.63, 3.8) is 0 Å². The van der Waals surface area contributed by atoms with Crippen LogP contribution in [0.3, 0.4) is 0 Å². The monoisotopic (exact) mass is 263 g/mol. The highest BCUT2D eigenvalue weighted by atomic mass is 16.5. The van der Waals surface area contributed by atoms with Crippen LogP contribution in [0.1, 0.15) is 51.6 Å². The van der Waals surface area contributed by atoms with Gasteiger partial charge in [0.1, 0.15) is 0 Å². The average Bonchev–Trinajstić information content (AvgIpc) is 2.42. The summed E-state index contributed by atoms with van der Waals surface area (Å²) in [5.41, 5.74) is 1.32. The quantitative estimate of drug-likeness (QED) is 0.639. The van der Waals surface area contributed by atoms with E-state index in [0.717, 1.165) is 38.5 Å². The van der Waals surface area contributed by atoms with Crippen LogP contribution in [-0.2, 0) is 4.74 Å². The zero-order valence-electron chi connectivity index (χ0n) is 12.7. The number of nitrogens with one attached hydrogen (secondary N) is 1. The van der Waals surface area contributed by atoms with E-state index in [-0.39, 0.29) is 0 Å². The average molecular weight is 263 g/mol. The minimum Gasteiger partial charge on any atom is -0.379 e. The molecule has 0 fully saturated rings. The Balaban J connectivity index is 2.34.